The van der Waals surface area contributed by atoms with E-state index >= 15 is 0 Å². The molecule has 0 unspecified atom stereocenters. The van der Waals surface area contributed by atoms with E-state index in [-0.39, 0.29) is 10.6 Å². The highest BCUT2D eigenvalue weighted by Crippen LogP contribution is 2.14. The highest BCUT2D eigenvalue weighted by atomic mass is 32.2. The highest BCUT2D eigenvalue weighted by molar-refractivity contribution is 7.89. The maximum atomic E-state index is 10.8. The predicted octanol–water partition coefficient (Wildman–Crippen LogP) is -0.413. The summed E-state index contributed by atoms with van der Waals surface area (Å²) in [6.07, 6.45) is 0. The van der Waals surface area contributed by atoms with Crippen LogP contribution < -0.4 is 15.9 Å². The highest BCUT2D eigenvalue weighted by Gasteiger charge is 2.07. The van der Waals surface area contributed by atoms with E-state index in [0.29, 0.717) is 0 Å². The molecule has 0 aliphatic heterocycles. The van der Waals surface area contributed by atoms with Gasteiger partial charge in [-0.1, -0.05) is 6.07 Å². The van der Waals surface area contributed by atoms with Gasteiger partial charge in [-0.25, -0.2) is 13.6 Å². The maximum Gasteiger partial charge on any atom is 0.238 e. The summed E-state index contributed by atoms with van der Waals surface area (Å²) >= 11 is 0. The summed E-state index contributed by atoms with van der Waals surface area (Å²) in [5.74, 6) is 5.08. The van der Waals surface area contributed by atoms with Crippen LogP contribution in [0.3, 0.4) is 0 Å². The number of benzene rings is 1. The van der Waals surface area contributed by atoms with Gasteiger partial charge in [0, 0.05) is 6.07 Å². The van der Waals surface area contributed by atoms with E-state index in [4.69, 9.17) is 11.0 Å². The number of sulfonamides is 1. The molecular formula is C6H8N2O3S. The molecule has 0 aliphatic carbocycles. The van der Waals surface area contributed by atoms with E-state index in [0.717, 1.165) is 0 Å². The Balaban J connectivity index is 3.20. The van der Waals surface area contributed by atoms with Crippen molar-refractivity contribution in [1.29, 1.82) is 0 Å². The first-order chi connectivity index (χ1) is 5.54. The van der Waals surface area contributed by atoms with Gasteiger partial charge in [-0.05, 0) is 12.1 Å². The van der Waals surface area contributed by atoms with Gasteiger partial charge < -0.3 is 4.84 Å². The number of nitrogens with two attached hydrogens (primary N) is 2. The molecule has 0 saturated carbocycles. The Morgan fingerprint density at radius 2 is 2.00 bits per heavy atom. The van der Waals surface area contributed by atoms with Gasteiger partial charge >= 0.3 is 0 Å². The van der Waals surface area contributed by atoms with Gasteiger partial charge in [-0.2, -0.15) is 5.90 Å². The number of rotatable bonds is 2. The molecule has 1 aromatic rings. The molecular weight excluding hydrogens is 180 g/mol. The lowest BCUT2D eigenvalue weighted by atomic mass is 10.3. The van der Waals surface area contributed by atoms with Gasteiger partial charge in [0.25, 0.3) is 0 Å². The van der Waals surface area contributed by atoms with E-state index in [1.807, 2.05) is 0 Å². The van der Waals surface area contributed by atoms with Crippen molar-refractivity contribution in [3.63, 3.8) is 0 Å². The molecule has 6 heteroatoms. The van der Waals surface area contributed by atoms with Gasteiger partial charge in [-0.3, -0.25) is 0 Å². The van der Waals surface area contributed by atoms with Crippen LogP contribution in [-0.4, -0.2) is 8.42 Å². The zero-order chi connectivity index (χ0) is 9.19. The second-order valence-corrected chi connectivity index (χ2v) is 3.70. The molecule has 12 heavy (non-hydrogen) atoms. The third-order valence-corrected chi connectivity index (χ3v) is 2.18. The molecule has 5 nitrogen and oxygen atoms in total. The molecule has 0 aliphatic rings. The molecule has 0 fully saturated rings. The van der Waals surface area contributed by atoms with Crippen molar-refractivity contribution in [2.24, 2.45) is 11.0 Å². The largest absolute Gasteiger partial charge is 0.411 e. The summed E-state index contributed by atoms with van der Waals surface area (Å²) in [5, 5.41) is 4.86. The second-order valence-electron chi connectivity index (χ2n) is 2.14. The molecule has 66 valence electrons. The molecule has 0 radical (unpaired) electrons. The minimum absolute atomic E-state index is 0.0227. The van der Waals surface area contributed by atoms with Crippen LogP contribution in [0.2, 0.25) is 0 Å². The van der Waals surface area contributed by atoms with Crippen molar-refractivity contribution in [2.75, 3.05) is 0 Å². The van der Waals surface area contributed by atoms with E-state index in [9.17, 15) is 8.42 Å². The lowest BCUT2D eigenvalue weighted by Gasteiger charge is -2.00. The average molecular weight is 188 g/mol. The first-order valence-corrected chi connectivity index (χ1v) is 4.58. The summed E-state index contributed by atoms with van der Waals surface area (Å²) in [6, 6.07) is 5.61. The van der Waals surface area contributed by atoms with E-state index in [1.165, 1.54) is 24.3 Å². The Morgan fingerprint density at radius 1 is 1.33 bits per heavy atom. The number of primary sulfonamides is 1. The fourth-order valence-electron chi connectivity index (χ4n) is 0.725. The van der Waals surface area contributed by atoms with Crippen molar-refractivity contribution < 1.29 is 13.3 Å². The maximum absolute atomic E-state index is 10.8. The van der Waals surface area contributed by atoms with Crippen molar-refractivity contribution in [1.82, 2.24) is 0 Å². The topological polar surface area (TPSA) is 95.4 Å². The van der Waals surface area contributed by atoms with Gasteiger partial charge in [0.05, 0.1) is 4.90 Å². The molecule has 4 N–H and O–H groups in total. The Hall–Kier alpha value is -1.11. The molecule has 1 rings (SSSR count). The number of hydrogen-bond donors (Lipinski definition) is 2. The lowest BCUT2D eigenvalue weighted by molar-refractivity contribution is 0.333. The molecule has 0 atom stereocenters. The van der Waals surface area contributed by atoms with Crippen molar-refractivity contribution in [3.8, 4) is 5.75 Å². The molecule has 0 amide bonds. The van der Waals surface area contributed by atoms with Crippen LogP contribution in [0.25, 0.3) is 0 Å². The molecule has 0 aromatic heterocycles. The Morgan fingerprint density at radius 3 is 2.50 bits per heavy atom. The Bertz CT molecular complexity index is 374. The minimum Gasteiger partial charge on any atom is -0.411 e. The first-order valence-electron chi connectivity index (χ1n) is 3.03. The standard InChI is InChI=1S/C6H8N2O3S/c7-11-5-2-1-3-6(4-5)12(8,9)10/h1-4H,7H2,(H2,8,9,10). The van der Waals surface area contributed by atoms with Crippen LogP contribution in [0.5, 0.6) is 5.75 Å². The van der Waals surface area contributed by atoms with Crippen molar-refractivity contribution in [3.05, 3.63) is 24.3 Å². The molecule has 1 aromatic carbocycles. The molecule has 0 saturated heterocycles. The van der Waals surface area contributed by atoms with E-state index in [2.05, 4.69) is 4.84 Å². The zero-order valence-electron chi connectivity index (χ0n) is 6.10. The predicted molar refractivity (Wildman–Crippen MR) is 42.6 cm³/mol. The summed E-state index contributed by atoms with van der Waals surface area (Å²) < 4.78 is 21.6. The van der Waals surface area contributed by atoms with Crippen molar-refractivity contribution >= 4 is 10.0 Å². The average Bonchev–Trinajstić information content (AvgIpc) is 2.03. The fraction of sp³-hybridized carbons (Fsp3) is 0. The van der Waals surface area contributed by atoms with E-state index < -0.39 is 10.0 Å². The molecule has 0 spiro atoms. The Labute approximate surface area is 69.9 Å². The van der Waals surface area contributed by atoms with E-state index in [1.54, 1.807) is 0 Å². The fourth-order valence-corrected chi connectivity index (χ4v) is 1.27. The monoisotopic (exact) mass is 188 g/mol. The summed E-state index contributed by atoms with van der Waals surface area (Å²) in [7, 11) is -3.67. The Kier molecular flexibility index (Phi) is 2.32. The summed E-state index contributed by atoms with van der Waals surface area (Å²) in [6.45, 7) is 0. The van der Waals surface area contributed by atoms with Crippen LogP contribution in [0.15, 0.2) is 29.2 Å². The number of hydrogen-bond acceptors (Lipinski definition) is 4. The smallest absolute Gasteiger partial charge is 0.238 e. The minimum atomic E-state index is -3.67. The lowest BCUT2D eigenvalue weighted by Crippen LogP contribution is -2.12. The van der Waals surface area contributed by atoms with Crippen LogP contribution in [-0.2, 0) is 10.0 Å². The van der Waals surface area contributed by atoms with Crippen LogP contribution >= 0.6 is 0 Å². The molecule has 0 bridgehead atoms. The first kappa shape index (κ1) is 8.98. The van der Waals surface area contributed by atoms with Gasteiger partial charge in [-0.15, -0.1) is 0 Å². The third-order valence-electron chi connectivity index (χ3n) is 1.27. The summed E-state index contributed by atoms with van der Waals surface area (Å²) in [5.41, 5.74) is 0. The van der Waals surface area contributed by atoms with Crippen molar-refractivity contribution in [2.45, 2.75) is 4.90 Å². The van der Waals surface area contributed by atoms with Crippen LogP contribution in [0, 0.1) is 0 Å². The van der Waals surface area contributed by atoms with Crippen LogP contribution in [0.4, 0.5) is 0 Å². The zero-order valence-corrected chi connectivity index (χ0v) is 6.91. The quantitative estimate of drug-likeness (QED) is 0.616. The second kappa shape index (κ2) is 3.10. The molecule has 0 heterocycles. The normalized spacial score (nSPS) is 11.2. The SMILES string of the molecule is NOc1cccc(S(N)(=O)=O)c1. The van der Waals surface area contributed by atoms with Gasteiger partial charge in [0.2, 0.25) is 10.0 Å². The van der Waals surface area contributed by atoms with Gasteiger partial charge in [0.1, 0.15) is 5.75 Å². The third kappa shape index (κ3) is 1.94. The van der Waals surface area contributed by atoms with Crippen LogP contribution in [0.1, 0.15) is 0 Å². The van der Waals surface area contributed by atoms with Gasteiger partial charge in [0.15, 0.2) is 0 Å². The summed E-state index contributed by atoms with van der Waals surface area (Å²) in [4.78, 5) is 4.31.